The van der Waals surface area contributed by atoms with Crippen LogP contribution in [-0.2, 0) is 14.3 Å². The van der Waals surface area contributed by atoms with Crippen molar-refractivity contribution in [2.24, 2.45) is 0 Å². The molecule has 0 aliphatic rings. The SMILES string of the molecule is O=C(CBr)OCC(Br)C(=O)O. The number of alkyl halides is 2. The Morgan fingerprint density at radius 1 is 1.55 bits per heavy atom. The molecule has 0 aromatic heterocycles. The lowest BCUT2D eigenvalue weighted by molar-refractivity contribution is -0.143. The number of esters is 1. The van der Waals surface area contributed by atoms with Gasteiger partial charge in [-0.25, -0.2) is 0 Å². The number of rotatable bonds is 4. The van der Waals surface area contributed by atoms with Crippen LogP contribution in [0.3, 0.4) is 0 Å². The Morgan fingerprint density at radius 3 is 2.45 bits per heavy atom. The summed E-state index contributed by atoms with van der Waals surface area (Å²) in [5.74, 6) is -1.52. The number of ether oxygens (including phenoxy) is 1. The lowest BCUT2D eigenvalue weighted by atomic mass is 10.5. The molecule has 1 unspecified atom stereocenters. The first-order valence-electron chi connectivity index (χ1n) is 2.66. The maximum Gasteiger partial charge on any atom is 0.320 e. The number of halogens is 2. The van der Waals surface area contributed by atoms with Crippen LogP contribution in [0.15, 0.2) is 0 Å². The van der Waals surface area contributed by atoms with Crippen LogP contribution in [0.2, 0.25) is 0 Å². The van der Waals surface area contributed by atoms with Gasteiger partial charge in [-0.1, -0.05) is 31.9 Å². The van der Waals surface area contributed by atoms with Gasteiger partial charge in [0.2, 0.25) is 0 Å². The van der Waals surface area contributed by atoms with Crippen molar-refractivity contribution in [3.05, 3.63) is 0 Å². The van der Waals surface area contributed by atoms with E-state index in [-0.39, 0.29) is 11.9 Å². The highest BCUT2D eigenvalue weighted by atomic mass is 79.9. The molecule has 0 spiro atoms. The Hall–Kier alpha value is -0.100. The zero-order valence-electron chi connectivity index (χ0n) is 5.42. The molecule has 0 fully saturated rings. The molecule has 64 valence electrons. The quantitative estimate of drug-likeness (QED) is 0.613. The van der Waals surface area contributed by atoms with Crippen LogP contribution >= 0.6 is 31.9 Å². The lowest BCUT2D eigenvalue weighted by Gasteiger charge is -2.04. The molecule has 0 saturated heterocycles. The van der Waals surface area contributed by atoms with E-state index in [2.05, 4.69) is 36.6 Å². The van der Waals surface area contributed by atoms with E-state index in [1.165, 1.54) is 0 Å². The largest absolute Gasteiger partial charge is 0.480 e. The summed E-state index contributed by atoms with van der Waals surface area (Å²) in [6.07, 6.45) is 0. The molecule has 0 aromatic carbocycles. The average molecular weight is 290 g/mol. The Bertz CT molecular complexity index is 159. The molecule has 0 aliphatic carbocycles. The second kappa shape index (κ2) is 5.54. The summed E-state index contributed by atoms with van der Waals surface area (Å²) >= 11 is 5.67. The predicted octanol–water partition coefficient (Wildman–Crippen LogP) is 0.773. The van der Waals surface area contributed by atoms with Crippen LogP contribution < -0.4 is 0 Å². The minimum atomic E-state index is -1.05. The summed E-state index contributed by atoms with van der Waals surface area (Å²) < 4.78 is 4.50. The highest BCUT2D eigenvalue weighted by molar-refractivity contribution is 9.10. The highest BCUT2D eigenvalue weighted by Crippen LogP contribution is 2.00. The van der Waals surface area contributed by atoms with Crippen molar-refractivity contribution in [3.8, 4) is 0 Å². The summed E-state index contributed by atoms with van der Waals surface area (Å²) in [5.41, 5.74) is 0. The first-order valence-corrected chi connectivity index (χ1v) is 4.70. The van der Waals surface area contributed by atoms with Gasteiger partial charge in [-0.3, -0.25) is 9.59 Å². The van der Waals surface area contributed by atoms with Crippen LogP contribution in [0.1, 0.15) is 0 Å². The maximum absolute atomic E-state index is 10.5. The van der Waals surface area contributed by atoms with Crippen LogP contribution in [0.4, 0.5) is 0 Å². The van der Waals surface area contributed by atoms with E-state index >= 15 is 0 Å². The minimum absolute atomic E-state index is 0.0757. The fourth-order valence-corrected chi connectivity index (χ4v) is 0.570. The highest BCUT2D eigenvalue weighted by Gasteiger charge is 2.14. The number of carbonyl (C=O) groups excluding carboxylic acids is 1. The van der Waals surface area contributed by atoms with Gasteiger partial charge in [0.25, 0.3) is 0 Å². The van der Waals surface area contributed by atoms with Crippen molar-refractivity contribution in [1.82, 2.24) is 0 Å². The van der Waals surface area contributed by atoms with Crippen LogP contribution in [0.5, 0.6) is 0 Å². The van der Waals surface area contributed by atoms with Crippen molar-refractivity contribution in [3.63, 3.8) is 0 Å². The van der Waals surface area contributed by atoms with Crippen molar-refractivity contribution in [2.45, 2.75) is 4.83 Å². The molecule has 11 heavy (non-hydrogen) atoms. The van der Waals surface area contributed by atoms with Crippen LogP contribution in [0, 0.1) is 0 Å². The van der Waals surface area contributed by atoms with E-state index < -0.39 is 16.8 Å². The third-order valence-electron chi connectivity index (χ3n) is 0.768. The molecule has 0 rings (SSSR count). The van der Waals surface area contributed by atoms with Gasteiger partial charge >= 0.3 is 11.9 Å². The van der Waals surface area contributed by atoms with Crippen molar-refractivity contribution >= 4 is 43.8 Å². The number of hydrogen-bond acceptors (Lipinski definition) is 3. The van der Waals surface area contributed by atoms with Gasteiger partial charge in [-0.15, -0.1) is 0 Å². The molecule has 0 aromatic rings. The van der Waals surface area contributed by atoms with E-state index in [0.717, 1.165) is 0 Å². The summed E-state index contributed by atoms with van der Waals surface area (Å²) in [5, 5.41) is 8.39. The number of hydrogen-bond donors (Lipinski definition) is 1. The van der Waals surface area contributed by atoms with Gasteiger partial charge < -0.3 is 9.84 Å². The summed E-state index contributed by atoms with van der Waals surface area (Å²) in [4.78, 5) is 19.8. The van der Waals surface area contributed by atoms with E-state index in [9.17, 15) is 9.59 Å². The van der Waals surface area contributed by atoms with E-state index in [4.69, 9.17) is 5.11 Å². The molecule has 0 aliphatic heterocycles. The molecule has 0 radical (unpaired) electrons. The number of aliphatic carboxylic acids is 1. The molecule has 0 bridgehead atoms. The van der Waals surface area contributed by atoms with Gasteiger partial charge in [0.05, 0.1) is 0 Å². The fraction of sp³-hybridized carbons (Fsp3) is 0.600. The molecule has 1 atom stereocenters. The third kappa shape index (κ3) is 5.20. The van der Waals surface area contributed by atoms with Crippen LogP contribution in [0.25, 0.3) is 0 Å². The molecule has 4 nitrogen and oxygen atoms in total. The van der Waals surface area contributed by atoms with Gasteiger partial charge in [-0.05, 0) is 0 Å². The topological polar surface area (TPSA) is 63.6 Å². The average Bonchev–Trinajstić information content (AvgIpc) is 1.99. The Kier molecular flexibility index (Phi) is 5.49. The van der Waals surface area contributed by atoms with Gasteiger partial charge in [0.15, 0.2) is 0 Å². The van der Waals surface area contributed by atoms with E-state index in [1.807, 2.05) is 0 Å². The predicted molar refractivity (Wildman–Crippen MR) is 45.1 cm³/mol. The van der Waals surface area contributed by atoms with Crippen molar-refractivity contribution < 1.29 is 19.4 Å². The van der Waals surface area contributed by atoms with E-state index in [1.54, 1.807) is 0 Å². The van der Waals surface area contributed by atoms with Crippen molar-refractivity contribution in [1.29, 1.82) is 0 Å². The Morgan fingerprint density at radius 2 is 2.09 bits per heavy atom. The normalized spacial score (nSPS) is 12.2. The fourth-order valence-electron chi connectivity index (χ4n) is 0.276. The minimum Gasteiger partial charge on any atom is -0.480 e. The smallest absolute Gasteiger partial charge is 0.320 e. The molecule has 0 heterocycles. The lowest BCUT2D eigenvalue weighted by Crippen LogP contribution is -2.21. The van der Waals surface area contributed by atoms with Crippen LogP contribution in [-0.4, -0.2) is 33.8 Å². The monoisotopic (exact) mass is 288 g/mol. The molecule has 0 amide bonds. The summed E-state index contributed by atoms with van der Waals surface area (Å²) in [7, 11) is 0. The van der Waals surface area contributed by atoms with Gasteiger partial charge in [0, 0.05) is 0 Å². The maximum atomic E-state index is 10.5. The Labute approximate surface area is 80.2 Å². The third-order valence-corrected chi connectivity index (χ3v) is 1.88. The second-order valence-electron chi connectivity index (χ2n) is 1.62. The Balaban J connectivity index is 3.54. The molecular weight excluding hydrogens is 284 g/mol. The first-order chi connectivity index (χ1) is 5.07. The first kappa shape index (κ1) is 10.9. The molecule has 6 heteroatoms. The molecule has 0 saturated carbocycles. The standard InChI is InChI=1S/C5H6Br2O4/c6-1-4(8)11-2-3(7)5(9)10/h3H,1-2H2,(H,9,10). The van der Waals surface area contributed by atoms with Crippen molar-refractivity contribution in [2.75, 3.05) is 11.9 Å². The second-order valence-corrected chi connectivity index (χ2v) is 3.29. The summed E-state index contributed by atoms with van der Waals surface area (Å²) in [6.45, 7) is -0.153. The zero-order valence-corrected chi connectivity index (χ0v) is 8.59. The zero-order chi connectivity index (χ0) is 8.85. The summed E-state index contributed by atoms with van der Waals surface area (Å²) in [6, 6.07) is 0. The van der Waals surface area contributed by atoms with E-state index in [0.29, 0.717) is 0 Å². The molecule has 1 N–H and O–H groups in total. The molecular formula is C5H6Br2O4. The van der Waals surface area contributed by atoms with Gasteiger partial charge in [-0.2, -0.15) is 0 Å². The van der Waals surface area contributed by atoms with Gasteiger partial charge in [0.1, 0.15) is 16.8 Å². The number of carboxylic acids is 1. The number of carboxylic acid groups (broad SMARTS) is 1. The number of carbonyl (C=O) groups is 2.